The fourth-order valence-corrected chi connectivity index (χ4v) is 2.52. The summed E-state index contributed by atoms with van der Waals surface area (Å²) in [7, 11) is 0. The van der Waals surface area contributed by atoms with Crippen LogP contribution in [0.5, 0.6) is 5.75 Å². The number of carbonyl (C=O) groups excluding carboxylic acids is 1. The molecule has 1 amide bonds. The van der Waals surface area contributed by atoms with E-state index >= 15 is 0 Å². The molecule has 1 heterocycles. The van der Waals surface area contributed by atoms with Crippen molar-refractivity contribution in [1.29, 1.82) is 0 Å². The van der Waals surface area contributed by atoms with E-state index in [1.807, 2.05) is 54.6 Å². The number of carbonyl (C=O) groups is 1. The number of benzene rings is 2. The van der Waals surface area contributed by atoms with Gasteiger partial charge in [0.15, 0.2) is 5.76 Å². The summed E-state index contributed by atoms with van der Waals surface area (Å²) in [6.07, 6.45) is 0. The maximum atomic E-state index is 12.2. The van der Waals surface area contributed by atoms with Crippen LogP contribution in [0.2, 0.25) is 0 Å². The SMILES string of the molecule is O=C(Nc1ccccc1I)c1ccc(COc2ccccc2)o1. The maximum Gasteiger partial charge on any atom is 0.291 e. The third-order valence-corrected chi connectivity index (χ3v) is 4.07. The number of para-hydroxylation sites is 2. The molecule has 0 saturated heterocycles. The summed E-state index contributed by atoms with van der Waals surface area (Å²) in [6, 6.07) is 20.4. The quantitative estimate of drug-likeness (QED) is 0.610. The van der Waals surface area contributed by atoms with E-state index in [-0.39, 0.29) is 18.3 Å². The summed E-state index contributed by atoms with van der Waals surface area (Å²) in [5, 5.41) is 2.83. The molecule has 116 valence electrons. The molecule has 0 atom stereocenters. The number of nitrogens with one attached hydrogen (secondary N) is 1. The Morgan fingerprint density at radius 3 is 2.52 bits per heavy atom. The lowest BCUT2D eigenvalue weighted by molar-refractivity contribution is 0.0992. The Bertz CT molecular complexity index is 799. The van der Waals surface area contributed by atoms with Crippen LogP contribution >= 0.6 is 22.6 Å². The number of anilines is 1. The number of furan rings is 1. The summed E-state index contributed by atoms with van der Waals surface area (Å²) in [4.78, 5) is 12.2. The summed E-state index contributed by atoms with van der Waals surface area (Å²) < 4.78 is 12.1. The second kappa shape index (κ2) is 7.32. The summed E-state index contributed by atoms with van der Waals surface area (Å²) in [6.45, 7) is 0.278. The first-order valence-corrected chi connectivity index (χ1v) is 8.13. The number of amides is 1. The molecule has 3 rings (SSSR count). The highest BCUT2D eigenvalue weighted by atomic mass is 127. The molecule has 4 nitrogen and oxygen atoms in total. The average molecular weight is 419 g/mol. The van der Waals surface area contributed by atoms with E-state index in [0.29, 0.717) is 5.76 Å². The third kappa shape index (κ3) is 4.13. The van der Waals surface area contributed by atoms with Crippen molar-refractivity contribution in [2.75, 3.05) is 5.32 Å². The lowest BCUT2D eigenvalue weighted by Crippen LogP contribution is -2.11. The van der Waals surface area contributed by atoms with E-state index in [1.165, 1.54) is 0 Å². The first kappa shape index (κ1) is 15.6. The van der Waals surface area contributed by atoms with Gasteiger partial charge in [-0.1, -0.05) is 30.3 Å². The van der Waals surface area contributed by atoms with Crippen molar-refractivity contribution in [3.8, 4) is 5.75 Å². The van der Waals surface area contributed by atoms with Gasteiger partial charge in [-0.05, 0) is 59.0 Å². The molecule has 2 aromatic carbocycles. The van der Waals surface area contributed by atoms with Gasteiger partial charge in [-0.25, -0.2) is 0 Å². The van der Waals surface area contributed by atoms with Crippen molar-refractivity contribution in [2.24, 2.45) is 0 Å². The Hall–Kier alpha value is -2.28. The van der Waals surface area contributed by atoms with E-state index in [2.05, 4.69) is 27.9 Å². The predicted octanol–water partition coefficient (Wildman–Crippen LogP) is 4.72. The molecule has 0 bridgehead atoms. The highest BCUT2D eigenvalue weighted by Gasteiger charge is 2.13. The number of hydrogen-bond acceptors (Lipinski definition) is 3. The van der Waals surface area contributed by atoms with Crippen LogP contribution in [0.25, 0.3) is 0 Å². The zero-order chi connectivity index (χ0) is 16.1. The molecule has 3 aromatic rings. The first-order chi connectivity index (χ1) is 11.2. The molecule has 0 unspecified atom stereocenters. The second-order valence-electron chi connectivity index (χ2n) is 4.80. The van der Waals surface area contributed by atoms with Crippen LogP contribution in [-0.4, -0.2) is 5.91 Å². The smallest absolute Gasteiger partial charge is 0.291 e. The molecule has 0 aliphatic rings. The number of halogens is 1. The van der Waals surface area contributed by atoms with Crippen molar-refractivity contribution < 1.29 is 13.9 Å². The summed E-state index contributed by atoms with van der Waals surface area (Å²) in [5.41, 5.74) is 0.761. The van der Waals surface area contributed by atoms with Crippen molar-refractivity contribution in [2.45, 2.75) is 6.61 Å². The Labute approximate surface area is 147 Å². The van der Waals surface area contributed by atoms with Crippen LogP contribution in [0.15, 0.2) is 71.1 Å². The Morgan fingerprint density at radius 1 is 1.00 bits per heavy atom. The minimum absolute atomic E-state index is 0.260. The Balaban J connectivity index is 1.62. The number of ether oxygens (including phenoxy) is 1. The van der Waals surface area contributed by atoms with Crippen LogP contribution in [0.4, 0.5) is 5.69 Å². The fraction of sp³-hybridized carbons (Fsp3) is 0.0556. The van der Waals surface area contributed by atoms with Gasteiger partial charge >= 0.3 is 0 Å². The van der Waals surface area contributed by atoms with Gasteiger partial charge < -0.3 is 14.5 Å². The van der Waals surface area contributed by atoms with E-state index in [4.69, 9.17) is 9.15 Å². The van der Waals surface area contributed by atoms with Crippen LogP contribution in [0, 0.1) is 3.57 Å². The average Bonchev–Trinajstić information content (AvgIpc) is 3.05. The Kier molecular flexibility index (Phi) is 4.97. The highest BCUT2D eigenvalue weighted by molar-refractivity contribution is 14.1. The molecule has 23 heavy (non-hydrogen) atoms. The summed E-state index contributed by atoms with van der Waals surface area (Å²) >= 11 is 2.17. The van der Waals surface area contributed by atoms with Gasteiger partial charge in [-0.15, -0.1) is 0 Å². The van der Waals surface area contributed by atoms with E-state index in [1.54, 1.807) is 12.1 Å². The van der Waals surface area contributed by atoms with Gasteiger partial charge in [0.2, 0.25) is 0 Å². The predicted molar refractivity (Wildman–Crippen MR) is 96.6 cm³/mol. The molecular weight excluding hydrogens is 405 g/mol. The zero-order valence-corrected chi connectivity index (χ0v) is 14.3. The molecule has 1 N–H and O–H groups in total. The van der Waals surface area contributed by atoms with Gasteiger partial charge in [0.25, 0.3) is 5.91 Å². The standard InChI is InChI=1S/C18H14INO3/c19-15-8-4-5-9-16(15)20-18(21)17-11-10-14(23-17)12-22-13-6-2-1-3-7-13/h1-11H,12H2,(H,20,21). The lowest BCUT2D eigenvalue weighted by atomic mass is 10.3. The molecule has 0 aliphatic carbocycles. The fourth-order valence-electron chi connectivity index (χ4n) is 2.00. The highest BCUT2D eigenvalue weighted by Crippen LogP contribution is 2.19. The van der Waals surface area contributed by atoms with Gasteiger partial charge in [-0.3, -0.25) is 4.79 Å². The molecule has 0 saturated carbocycles. The number of hydrogen-bond donors (Lipinski definition) is 1. The van der Waals surface area contributed by atoms with Crippen molar-refractivity contribution in [1.82, 2.24) is 0 Å². The molecule has 0 radical (unpaired) electrons. The van der Waals surface area contributed by atoms with Gasteiger partial charge in [-0.2, -0.15) is 0 Å². The monoisotopic (exact) mass is 419 g/mol. The topological polar surface area (TPSA) is 51.5 Å². The van der Waals surface area contributed by atoms with E-state index < -0.39 is 0 Å². The van der Waals surface area contributed by atoms with Gasteiger partial charge in [0.1, 0.15) is 18.1 Å². The molecule has 0 aliphatic heterocycles. The maximum absolute atomic E-state index is 12.2. The normalized spacial score (nSPS) is 10.3. The van der Waals surface area contributed by atoms with E-state index in [0.717, 1.165) is 15.0 Å². The zero-order valence-electron chi connectivity index (χ0n) is 12.2. The minimum atomic E-state index is -0.278. The van der Waals surface area contributed by atoms with E-state index in [9.17, 15) is 4.79 Å². The molecular formula is C18H14INO3. The van der Waals surface area contributed by atoms with Crippen LogP contribution < -0.4 is 10.1 Å². The van der Waals surface area contributed by atoms with Crippen molar-refractivity contribution in [3.05, 3.63) is 81.8 Å². The number of rotatable bonds is 5. The summed E-state index contributed by atoms with van der Waals surface area (Å²) in [5.74, 6) is 1.34. The Morgan fingerprint density at radius 2 is 1.74 bits per heavy atom. The van der Waals surface area contributed by atoms with Gasteiger partial charge in [0, 0.05) is 3.57 Å². The molecule has 1 aromatic heterocycles. The van der Waals surface area contributed by atoms with Crippen LogP contribution in [0.1, 0.15) is 16.3 Å². The first-order valence-electron chi connectivity index (χ1n) is 7.05. The van der Waals surface area contributed by atoms with Crippen LogP contribution in [0.3, 0.4) is 0 Å². The van der Waals surface area contributed by atoms with Crippen molar-refractivity contribution >= 4 is 34.2 Å². The second-order valence-corrected chi connectivity index (χ2v) is 5.96. The minimum Gasteiger partial charge on any atom is -0.486 e. The molecule has 0 spiro atoms. The molecule has 5 heteroatoms. The van der Waals surface area contributed by atoms with Crippen LogP contribution in [-0.2, 0) is 6.61 Å². The van der Waals surface area contributed by atoms with Gasteiger partial charge in [0.05, 0.1) is 5.69 Å². The molecule has 0 fully saturated rings. The lowest BCUT2D eigenvalue weighted by Gasteiger charge is -2.05. The largest absolute Gasteiger partial charge is 0.486 e. The van der Waals surface area contributed by atoms with Crippen molar-refractivity contribution in [3.63, 3.8) is 0 Å². The third-order valence-electron chi connectivity index (χ3n) is 3.13.